The van der Waals surface area contributed by atoms with Crippen molar-refractivity contribution in [3.63, 3.8) is 0 Å². The topological polar surface area (TPSA) is 43.8 Å². The van der Waals surface area contributed by atoms with Crippen molar-refractivity contribution in [3.8, 4) is 5.69 Å². The van der Waals surface area contributed by atoms with Gasteiger partial charge in [0.2, 0.25) is 0 Å². The molecular formula is C9H9ClFN3. The van der Waals surface area contributed by atoms with E-state index in [1.807, 2.05) is 0 Å². The predicted molar refractivity (Wildman–Crippen MR) is 55.2 cm³/mol. The van der Waals surface area contributed by atoms with Gasteiger partial charge in [-0.15, -0.1) is 12.4 Å². The van der Waals surface area contributed by atoms with Gasteiger partial charge in [-0.1, -0.05) is 0 Å². The van der Waals surface area contributed by atoms with Crippen LogP contribution in [0.5, 0.6) is 0 Å². The molecule has 2 aromatic rings. The number of benzene rings is 1. The molecular weight excluding hydrogens is 205 g/mol. The molecule has 0 radical (unpaired) electrons. The standard InChI is InChI=1S/C9H8FN3.ClH/c10-7-1-3-8(4-2-7)13-9(11)5-6-12-13;/h1-6H,11H2;1H. The van der Waals surface area contributed by atoms with Gasteiger partial charge in [0, 0.05) is 6.07 Å². The first kappa shape index (κ1) is 10.5. The molecule has 1 aromatic carbocycles. The number of nitrogen functional groups attached to an aromatic ring is 1. The van der Waals surface area contributed by atoms with E-state index in [2.05, 4.69) is 5.10 Å². The Hall–Kier alpha value is -1.55. The van der Waals surface area contributed by atoms with Crippen molar-refractivity contribution in [3.05, 3.63) is 42.3 Å². The van der Waals surface area contributed by atoms with E-state index in [0.717, 1.165) is 5.69 Å². The summed E-state index contributed by atoms with van der Waals surface area (Å²) in [5, 5.41) is 3.98. The van der Waals surface area contributed by atoms with Crippen LogP contribution in [0.25, 0.3) is 5.69 Å². The number of aromatic nitrogens is 2. The van der Waals surface area contributed by atoms with Crippen LogP contribution in [0.1, 0.15) is 0 Å². The Balaban J connectivity index is 0.000000980. The summed E-state index contributed by atoms with van der Waals surface area (Å²) in [6.45, 7) is 0. The molecule has 14 heavy (non-hydrogen) atoms. The molecule has 0 aliphatic rings. The third kappa shape index (κ3) is 1.85. The zero-order valence-electron chi connectivity index (χ0n) is 7.22. The Morgan fingerprint density at radius 2 is 1.79 bits per heavy atom. The molecule has 0 saturated heterocycles. The average molecular weight is 214 g/mol. The lowest BCUT2D eigenvalue weighted by atomic mass is 10.3. The summed E-state index contributed by atoms with van der Waals surface area (Å²) in [4.78, 5) is 0. The molecule has 0 saturated carbocycles. The van der Waals surface area contributed by atoms with Crippen LogP contribution < -0.4 is 5.73 Å². The third-order valence-electron chi connectivity index (χ3n) is 1.74. The number of nitrogens with two attached hydrogens (primary N) is 1. The summed E-state index contributed by atoms with van der Waals surface area (Å²) in [7, 11) is 0. The maximum Gasteiger partial charge on any atom is 0.127 e. The van der Waals surface area contributed by atoms with E-state index in [1.165, 1.54) is 12.1 Å². The van der Waals surface area contributed by atoms with Crippen LogP contribution in [-0.4, -0.2) is 9.78 Å². The predicted octanol–water partition coefficient (Wildman–Crippen LogP) is 2.02. The lowest BCUT2D eigenvalue weighted by Crippen LogP contribution is -2.00. The molecule has 0 unspecified atom stereocenters. The zero-order chi connectivity index (χ0) is 9.26. The zero-order valence-corrected chi connectivity index (χ0v) is 8.04. The van der Waals surface area contributed by atoms with E-state index >= 15 is 0 Å². The summed E-state index contributed by atoms with van der Waals surface area (Å²) in [5.41, 5.74) is 6.37. The Morgan fingerprint density at radius 3 is 2.29 bits per heavy atom. The van der Waals surface area contributed by atoms with Crippen LogP contribution in [0.2, 0.25) is 0 Å². The number of hydrogen-bond donors (Lipinski definition) is 1. The molecule has 0 spiro atoms. The summed E-state index contributed by atoms with van der Waals surface area (Å²) in [5.74, 6) is 0.265. The molecule has 2 rings (SSSR count). The molecule has 5 heteroatoms. The van der Waals surface area contributed by atoms with Crippen molar-refractivity contribution in [1.82, 2.24) is 9.78 Å². The third-order valence-corrected chi connectivity index (χ3v) is 1.74. The normalized spacial score (nSPS) is 9.50. The highest BCUT2D eigenvalue weighted by atomic mass is 35.5. The minimum Gasteiger partial charge on any atom is -0.384 e. The van der Waals surface area contributed by atoms with E-state index in [-0.39, 0.29) is 18.2 Å². The molecule has 0 fully saturated rings. The Morgan fingerprint density at radius 1 is 1.14 bits per heavy atom. The van der Waals surface area contributed by atoms with Crippen molar-refractivity contribution in [2.45, 2.75) is 0 Å². The molecule has 1 aromatic heterocycles. The smallest absolute Gasteiger partial charge is 0.127 e. The first-order valence-electron chi connectivity index (χ1n) is 3.83. The van der Waals surface area contributed by atoms with E-state index in [9.17, 15) is 4.39 Å². The lowest BCUT2D eigenvalue weighted by Gasteiger charge is -2.02. The molecule has 2 N–H and O–H groups in total. The fourth-order valence-electron chi connectivity index (χ4n) is 1.11. The number of rotatable bonds is 1. The maximum atomic E-state index is 12.6. The molecule has 74 valence electrons. The quantitative estimate of drug-likeness (QED) is 0.788. The van der Waals surface area contributed by atoms with Gasteiger partial charge in [0.05, 0.1) is 11.9 Å². The van der Waals surface area contributed by atoms with Crippen molar-refractivity contribution in [2.24, 2.45) is 0 Å². The van der Waals surface area contributed by atoms with Gasteiger partial charge < -0.3 is 5.73 Å². The van der Waals surface area contributed by atoms with Crippen LogP contribution >= 0.6 is 12.4 Å². The van der Waals surface area contributed by atoms with E-state index in [1.54, 1.807) is 29.1 Å². The molecule has 0 aliphatic carbocycles. The van der Waals surface area contributed by atoms with Crippen molar-refractivity contribution in [2.75, 3.05) is 5.73 Å². The first-order chi connectivity index (χ1) is 6.27. The molecule has 1 heterocycles. The largest absolute Gasteiger partial charge is 0.384 e. The van der Waals surface area contributed by atoms with Crippen LogP contribution in [0.3, 0.4) is 0 Å². The van der Waals surface area contributed by atoms with E-state index in [4.69, 9.17) is 5.73 Å². The van der Waals surface area contributed by atoms with Crippen LogP contribution in [0.4, 0.5) is 10.2 Å². The number of hydrogen-bond acceptors (Lipinski definition) is 2. The molecule has 0 atom stereocenters. The number of halogens is 2. The average Bonchev–Trinajstić information content (AvgIpc) is 2.53. The Bertz CT molecular complexity index is 410. The fourth-order valence-corrected chi connectivity index (χ4v) is 1.11. The van der Waals surface area contributed by atoms with Crippen molar-refractivity contribution < 1.29 is 4.39 Å². The minimum absolute atomic E-state index is 0. The molecule has 3 nitrogen and oxygen atoms in total. The number of nitrogens with zero attached hydrogens (tertiary/aromatic N) is 2. The highest BCUT2D eigenvalue weighted by Gasteiger charge is 2.00. The lowest BCUT2D eigenvalue weighted by molar-refractivity contribution is 0.627. The van der Waals surface area contributed by atoms with Gasteiger partial charge in [0.25, 0.3) is 0 Å². The Labute approximate surface area is 86.8 Å². The van der Waals surface area contributed by atoms with Gasteiger partial charge in [-0.25, -0.2) is 9.07 Å². The second-order valence-corrected chi connectivity index (χ2v) is 2.64. The van der Waals surface area contributed by atoms with Gasteiger partial charge >= 0.3 is 0 Å². The highest BCUT2D eigenvalue weighted by Crippen LogP contribution is 2.11. The maximum absolute atomic E-state index is 12.6. The number of anilines is 1. The summed E-state index contributed by atoms with van der Waals surface area (Å²) >= 11 is 0. The SMILES string of the molecule is Cl.Nc1ccnn1-c1ccc(F)cc1. The summed E-state index contributed by atoms with van der Waals surface area (Å²) in [6.07, 6.45) is 1.60. The van der Waals surface area contributed by atoms with Crippen molar-refractivity contribution in [1.29, 1.82) is 0 Å². The van der Waals surface area contributed by atoms with Crippen molar-refractivity contribution >= 4 is 18.2 Å². The Kier molecular flexibility index (Phi) is 3.09. The van der Waals surface area contributed by atoms with Crippen LogP contribution in [0, 0.1) is 5.82 Å². The van der Waals surface area contributed by atoms with Gasteiger partial charge in [0.1, 0.15) is 11.6 Å². The summed E-state index contributed by atoms with van der Waals surface area (Å²) in [6, 6.07) is 7.67. The van der Waals surface area contributed by atoms with Gasteiger partial charge in [-0.3, -0.25) is 0 Å². The van der Waals surface area contributed by atoms with Gasteiger partial charge in [-0.2, -0.15) is 5.10 Å². The highest BCUT2D eigenvalue weighted by molar-refractivity contribution is 5.85. The van der Waals surface area contributed by atoms with Gasteiger partial charge in [0.15, 0.2) is 0 Å². The molecule has 0 aliphatic heterocycles. The van der Waals surface area contributed by atoms with Crippen LogP contribution in [-0.2, 0) is 0 Å². The molecule has 0 bridgehead atoms. The first-order valence-corrected chi connectivity index (χ1v) is 3.83. The van der Waals surface area contributed by atoms with E-state index < -0.39 is 0 Å². The van der Waals surface area contributed by atoms with Crippen LogP contribution in [0.15, 0.2) is 36.5 Å². The monoisotopic (exact) mass is 213 g/mol. The summed E-state index contributed by atoms with van der Waals surface area (Å²) < 4.78 is 14.1. The molecule has 0 amide bonds. The van der Waals surface area contributed by atoms with Gasteiger partial charge in [-0.05, 0) is 24.3 Å². The van der Waals surface area contributed by atoms with E-state index in [0.29, 0.717) is 5.82 Å². The fraction of sp³-hybridized carbons (Fsp3) is 0. The second-order valence-electron chi connectivity index (χ2n) is 2.64. The minimum atomic E-state index is -0.269. The second kappa shape index (κ2) is 4.11.